The minimum atomic E-state index is -1.58. The third-order valence-corrected chi connectivity index (χ3v) is 3.87. The predicted molar refractivity (Wildman–Crippen MR) is 62.3 cm³/mol. The Balaban J connectivity index is 2.08. The first-order valence-corrected chi connectivity index (χ1v) is 8.33. The summed E-state index contributed by atoms with van der Waals surface area (Å²) in [5.41, 5.74) is 0. The van der Waals surface area contributed by atoms with Crippen molar-refractivity contribution < 1.29 is 14.1 Å². The van der Waals surface area contributed by atoms with Crippen molar-refractivity contribution in [2.45, 2.75) is 32.0 Å². The maximum absolute atomic E-state index is 11.6. The maximum Gasteiger partial charge on any atom is 0.311 e. The second-order valence-electron chi connectivity index (χ2n) is 5.04. The molecule has 1 aliphatic carbocycles. The SMILES string of the molecule is C=P(C)(C)OC1OC(=O)C2CCCCC12. The van der Waals surface area contributed by atoms with E-state index in [1.165, 1.54) is 6.42 Å². The van der Waals surface area contributed by atoms with Gasteiger partial charge in [-0.05, 0) is 26.2 Å². The molecule has 0 radical (unpaired) electrons. The van der Waals surface area contributed by atoms with E-state index in [9.17, 15) is 4.79 Å². The van der Waals surface area contributed by atoms with Crippen molar-refractivity contribution in [1.29, 1.82) is 0 Å². The molecule has 3 nitrogen and oxygen atoms in total. The van der Waals surface area contributed by atoms with Gasteiger partial charge in [0.15, 0.2) is 0 Å². The second-order valence-corrected chi connectivity index (χ2v) is 8.40. The van der Waals surface area contributed by atoms with Gasteiger partial charge in [0.25, 0.3) is 0 Å². The highest BCUT2D eigenvalue weighted by molar-refractivity contribution is 7.67. The Hall–Kier alpha value is -0.270. The van der Waals surface area contributed by atoms with E-state index in [4.69, 9.17) is 9.26 Å². The number of fused-ring (bicyclic) bond motifs is 1. The average Bonchev–Trinajstić information content (AvgIpc) is 2.42. The molecule has 3 unspecified atom stereocenters. The molecule has 4 heteroatoms. The Morgan fingerprint density at radius 2 is 2.07 bits per heavy atom. The fraction of sp³-hybridized carbons (Fsp3) is 0.818. The summed E-state index contributed by atoms with van der Waals surface area (Å²) in [5.74, 6) is 0.320. The van der Waals surface area contributed by atoms with Gasteiger partial charge < -0.3 is 9.26 Å². The van der Waals surface area contributed by atoms with E-state index in [0.29, 0.717) is 0 Å². The summed E-state index contributed by atoms with van der Waals surface area (Å²) in [6.45, 7) is 3.99. The van der Waals surface area contributed by atoms with Gasteiger partial charge in [0.05, 0.1) is 5.92 Å². The van der Waals surface area contributed by atoms with E-state index in [-0.39, 0.29) is 24.1 Å². The normalized spacial score (nSPS) is 36.1. The van der Waals surface area contributed by atoms with Crippen molar-refractivity contribution in [3.8, 4) is 0 Å². The molecule has 0 N–H and O–H groups in total. The third-order valence-electron chi connectivity index (χ3n) is 3.09. The van der Waals surface area contributed by atoms with Gasteiger partial charge in [-0.1, -0.05) is 19.1 Å². The van der Waals surface area contributed by atoms with Gasteiger partial charge in [-0.15, -0.1) is 0 Å². The zero-order valence-electron chi connectivity index (χ0n) is 9.44. The molecule has 0 bridgehead atoms. The molecule has 0 spiro atoms. The molecule has 0 aromatic heterocycles. The van der Waals surface area contributed by atoms with E-state index < -0.39 is 7.11 Å². The van der Waals surface area contributed by atoms with Gasteiger partial charge in [0.1, 0.15) is 0 Å². The molecule has 0 amide bonds. The lowest BCUT2D eigenvalue weighted by atomic mass is 9.81. The number of esters is 1. The molecule has 1 heterocycles. The molecule has 15 heavy (non-hydrogen) atoms. The van der Waals surface area contributed by atoms with Crippen LogP contribution in [0.4, 0.5) is 0 Å². The Morgan fingerprint density at radius 1 is 1.40 bits per heavy atom. The van der Waals surface area contributed by atoms with Crippen molar-refractivity contribution in [2.75, 3.05) is 13.3 Å². The fourth-order valence-electron chi connectivity index (χ4n) is 2.45. The van der Waals surface area contributed by atoms with Gasteiger partial charge in [-0.25, -0.2) is 0 Å². The molecule has 1 aliphatic heterocycles. The largest absolute Gasteiger partial charge is 0.435 e. The molecule has 0 aromatic carbocycles. The first-order chi connectivity index (χ1) is 6.97. The number of carbonyl (C=O) groups is 1. The number of ether oxygens (including phenoxy) is 1. The highest BCUT2D eigenvalue weighted by atomic mass is 31.2. The third kappa shape index (κ3) is 2.46. The molecule has 2 aliphatic rings. The predicted octanol–water partition coefficient (Wildman–Crippen LogP) is 2.32. The van der Waals surface area contributed by atoms with E-state index in [1.807, 2.05) is 13.3 Å². The van der Waals surface area contributed by atoms with Gasteiger partial charge in [-0.3, -0.25) is 4.79 Å². The minimum Gasteiger partial charge on any atom is -0.435 e. The van der Waals surface area contributed by atoms with Crippen LogP contribution in [0.3, 0.4) is 0 Å². The topological polar surface area (TPSA) is 35.5 Å². The van der Waals surface area contributed by atoms with Crippen LogP contribution in [0.1, 0.15) is 25.7 Å². The summed E-state index contributed by atoms with van der Waals surface area (Å²) >= 11 is 0. The molecule has 0 aromatic rings. The van der Waals surface area contributed by atoms with E-state index >= 15 is 0 Å². The maximum atomic E-state index is 11.6. The van der Waals surface area contributed by atoms with E-state index in [2.05, 4.69) is 6.30 Å². The quantitative estimate of drug-likeness (QED) is 0.539. The Morgan fingerprint density at radius 3 is 2.73 bits per heavy atom. The van der Waals surface area contributed by atoms with Crippen molar-refractivity contribution in [2.24, 2.45) is 11.8 Å². The second kappa shape index (κ2) is 3.95. The van der Waals surface area contributed by atoms with Crippen molar-refractivity contribution >= 4 is 19.4 Å². The fourth-order valence-corrected chi connectivity index (χ4v) is 3.21. The highest BCUT2D eigenvalue weighted by Crippen LogP contribution is 2.47. The Labute approximate surface area is 91.2 Å². The number of rotatable bonds is 2. The highest BCUT2D eigenvalue weighted by Gasteiger charge is 2.46. The van der Waals surface area contributed by atoms with Crippen LogP contribution in [0.2, 0.25) is 0 Å². The van der Waals surface area contributed by atoms with E-state index in [1.54, 1.807) is 0 Å². The van der Waals surface area contributed by atoms with Crippen LogP contribution in [-0.4, -0.2) is 31.9 Å². The average molecular weight is 230 g/mol. The summed E-state index contributed by atoms with van der Waals surface area (Å²) in [5, 5.41) is 0. The van der Waals surface area contributed by atoms with E-state index in [0.717, 1.165) is 19.3 Å². The van der Waals surface area contributed by atoms with Crippen molar-refractivity contribution in [3.63, 3.8) is 0 Å². The molecule has 3 atom stereocenters. The molecular weight excluding hydrogens is 211 g/mol. The monoisotopic (exact) mass is 230 g/mol. The van der Waals surface area contributed by atoms with Gasteiger partial charge >= 0.3 is 5.97 Å². The van der Waals surface area contributed by atoms with Crippen LogP contribution in [0.15, 0.2) is 0 Å². The smallest absolute Gasteiger partial charge is 0.311 e. The lowest BCUT2D eigenvalue weighted by Gasteiger charge is -2.27. The zero-order valence-corrected chi connectivity index (χ0v) is 10.3. The van der Waals surface area contributed by atoms with Gasteiger partial charge in [0, 0.05) is 13.0 Å². The Kier molecular flexibility index (Phi) is 2.96. The molecule has 2 fully saturated rings. The lowest BCUT2D eigenvalue weighted by Crippen LogP contribution is -2.25. The van der Waals surface area contributed by atoms with Crippen LogP contribution in [0, 0.1) is 11.8 Å². The van der Waals surface area contributed by atoms with Crippen molar-refractivity contribution in [1.82, 2.24) is 0 Å². The summed E-state index contributed by atoms with van der Waals surface area (Å²) in [7, 11) is -1.58. The summed E-state index contributed by atoms with van der Waals surface area (Å²) < 4.78 is 11.1. The van der Waals surface area contributed by atoms with Gasteiger partial charge in [0.2, 0.25) is 6.29 Å². The number of carbonyl (C=O) groups excluding carboxylic acids is 1. The summed E-state index contributed by atoms with van der Waals surface area (Å²) in [6, 6.07) is 0. The minimum absolute atomic E-state index is 0.0573. The summed E-state index contributed by atoms with van der Waals surface area (Å²) in [6.07, 6.45) is 8.04. The van der Waals surface area contributed by atoms with Crippen LogP contribution >= 0.6 is 7.11 Å². The van der Waals surface area contributed by atoms with Gasteiger partial charge in [-0.2, -0.15) is 0 Å². The van der Waals surface area contributed by atoms with Crippen LogP contribution < -0.4 is 0 Å². The molecule has 2 rings (SSSR count). The molecule has 1 saturated heterocycles. The first kappa shape index (κ1) is 11.2. The molecule has 86 valence electrons. The zero-order chi connectivity index (χ0) is 11.1. The molecule has 1 saturated carbocycles. The number of hydrogen-bond donors (Lipinski definition) is 0. The summed E-state index contributed by atoms with van der Waals surface area (Å²) in [4.78, 5) is 11.6. The van der Waals surface area contributed by atoms with Crippen LogP contribution in [0.5, 0.6) is 0 Å². The van der Waals surface area contributed by atoms with Crippen LogP contribution in [-0.2, 0) is 14.1 Å². The standard InChI is InChI=1S/C11H19O3P/c1-15(2,3)14-11-9-7-5-4-6-8(9)10(12)13-11/h8-9,11H,1,4-7H2,2-3H3. The van der Waals surface area contributed by atoms with Crippen molar-refractivity contribution in [3.05, 3.63) is 0 Å². The number of cyclic esters (lactones) is 1. The molecular formula is C11H19O3P. The number of hydrogen-bond acceptors (Lipinski definition) is 3. The Bertz CT molecular complexity index is 307. The van der Waals surface area contributed by atoms with Crippen LogP contribution in [0.25, 0.3) is 0 Å². The lowest BCUT2D eigenvalue weighted by molar-refractivity contribution is -0.153. The first-order valence-electron chi connectivity index (χ1n) is 5.54.